The number of carboxylic acids is 1. The number of nitrogens with zero attached hydrogens (tertiary/aromatic N) is 1. The molecule has 1 aliphatic rings. The van der Waals surface area contributed by atoms with Crippen molar-refractivity contribution in [1.82, 2.24) is 10.2 Å². The SMILES string of the molecule is CCOP(=O)(CCCN1CCNC(C(=O)O)C1)OCC. The average Bonchev–Trinajstić information content (AvgIpc) is 2.39. The fourth-order valence-electron chi connectivity index (χ4n) is 2.23. The first kappa shape index (κ1) is 17.6. The zero-order chi connectivity index (χ0) is 15.0. The highest BCUT2D eigenvalue weighted by molar-refractivity contribution is 7.53. The Hall–Kier alpha value is -0.460. The Bertz CT molecular complexity index is 343. The van der Waals surface area contributed by atoms with Gasteiger partial charge in [0.1, 0.15) is 6.04 Å². The maximum atomic E-state index is 12.3. The molecule has 1 saturated heterocycles. The van der Waals surface area contributed by atoms with E-state index in [2.05, 4.69) is 10.2 Å². The lowest BCUT2D eigenvalue weighted by Crippen LogP contribution is -2.54. The van der Waals surface area contributed by atoms with Crippen molar-refractivity contribution in [3.8, 4) is 0 Å². The smallest absolute Gasteiger partial charge is 0.330 e. The van der Waals surface area contributed by atoms with Crippen LogP contribution in [0.4, 0.5) is 0 Å². The normalized spacial score (nSPS) is 21.0. The molecule has 20 heavy (non-hydrogen) atoms. The maximum Gasteiger partial charge on any atom is 0.330 e. The Morgan fingerprint density at radius 2 is 2.05 bits per heavy atom. The van der Waals surface area contributed by atoms with Crippen LogP contribution in [-0.2, 0) is 18.4 Å². The van der Waals surface area contributed by atoms with Crippen molar-refractivity contribution in [1.29, 1.82) is 0 Å². The van der Waals surface area contributed by atoms with Gasteiger partial charge in [0, 0.05) is 19.6 Å². The molecule has 118 valence electrons. The zero-order valence-electron chi connectivity index (χ0n) is 12.2. The van der Waals surface area contributed by atoms with Crippen LogP contribution in [0.15, 0.2) is 0 Å². The van der Waals surface area contributed by atoms with Gasteiger partial charge >= 0.3 is 13.6 Å². The van der Waals surface area contributed by atoms with Gasteiger partial charge in [-0.15, -0.1) is 0 Å². The van der Waals surface area contributed by atoms with Gasteiger partial charge in [-0.05, 0) is 26.8 Å². The predicted octanol–water partition coefficient (Wildman–Crippen LogP) is 1.00. The third-order valence-electron chi connectivity index (χ3n) is 3.12. The maximum absolute atomic E-state index is 12.3. The number of hydrogen-bond acceptors (Lipinski definition) is 6. The molecular weight excluding hydrogens is 283 g/mol. The topological polar surface area (TPSA) is 88.1 Å². The summed E-state index contributed by atoms with van der Waals surface area (Å²) in [5, 5.41) is 11.9. The van der Waals surface area contributed by atoms with Crippen molar-refractivity contribution in [2.45, 2.75) is 26.3 Å². The summed E-state index contributed by atoms with van der Waals surface area (Å²) >= 11 is 0. The lowest BCUT2D eigenvalue weighted by molar-refractivity contribution is -0.140. The van der Waals surface area contributed by atoms with Gasteiger partial charge in [-0.2, -0.15) is 0 Å². The van der Waals surface area contributed by atoms with E-state index in [1.165, 1.54) is 0 Å². The number of piperazine rings is 1. The van der Waals surface area contributed by atoms with Crippen LogP contribution in [0.1, 0.15) is 20.3 Å². The molecule has 8 heteroatoms. The fourth-order valence-corrected chi connectivity index (χ4v) is 3.88. The lowest BCUT2D eigenvalue weighted by Gasteiger charge is -2.31. The number of rotatable bonds is 9. The van der Waals surface area contributed by atoms with Gasteiger partial charge < -0.3 is 19.5 Å². The first-order valence-corrected chi connectivity index (χ1v) is 8.80. The van der Waals surface area contributed by atoms with Gasteiger partial charge in [0.15, 0.2) is 0 Å². The molecule has 1 unspecified atom stereocenters. The van der Waals surface area contributed by atoms with Gasteiger partial charge in [0.2, 0.25) is 0 Å². The minimum Gasteiger partial charge on any atom is -0.480 e. The molecule has 0 aromatic rings. The van der Waals surface area contributed by atoms with Crippen molar-refractivity contribution >= 4 is 13.6 Å². The molecular formula is C12H25N2O5P. The molecule has 2 N–H and O–H groups in total. The van der Waals surface area contributed by atoms with E-state index < -0.39 is 19.6 Å². The van der Waals surface area contributed by atoms with Crippen molar-refractivity contribution in [3.05, 3.63) is 0 Å². The molecule has 0 aliphatic carbocycles. The van der Waals surface area contributed by atoms with Crippen molar-refractivity contribution in [2.75, 3.05) is 45.6 Å². The lowest BCUT2D eigenvalue weighted by atomic mass is 10.2. The largest absolute Gasteiger partial charge is 0.480 e. The van der Waals surface area contributed by atoms with Crippen LogP contribution in [0, 0.1) is 0 Å². The Balaban J connectivity index is 2.35. The van der Waals surface area contributed by atoms with E-state index in [0.717, 1.165) is 6.54 Å². The average molecular weight is 308 g/mol. The van der Waals surface area contributed by atoms with Crippen molar-refractivity contribution in [2.24, 2.45) is 0 Å². The van der Waals surface area contributed by atoms with Gasteiger partial charge in [-0.3, -0.25) is 14.3 Å². The van der Waals surface area contributed by atoms with Gasteiger partial charge in [0.05, 0.1) is 19.4 Å². The fraction of sp³-hybridized carbons (Fsp3) is 0.917. The molecule has 0 bridgehead atoms. The second kappa shape index (κ2) is 8.74. The van der Waals surface area contributed by atoms with Crippen LogP contribution in [-0.4, -0.2) is 67.6 Å². The summed E-state index contributed by atoms with van der Waals surface area (Å²) in [6.07, 6.45) is 1.04. The molecule has 0 aromatic carbocycles. The number of carboxylic acid groups (broad SMARTS) is 1. The van der Waals surface area contributed by atoms with E-state index in [4.69, 9.17) is 14.2 Å². The Kier molecular flexibility index (Phi) is 7.69. The summed E-state index contributed by atoms with van der Waals surface area (Å²) < 4.78 is 22.7. The molecule has 0 spiro atoms. The monoisotopic (exact) mass is 308 g/mol. The van der Waals surface area contributed by atoms with Crippen LogP contribution < -0.4 is 5.32 Å². The summed E-state index contributed by atoms with van der Waals surface area (Å²) in [7, 11) is -2.98. The van der Waals surface area contributed by atoms with Crippen molar-refractivity contribution in [3.63, 3.8) is 0 Å². The van der Waals surface area contributed by atoms with Crippen LogP contribution in [0.25, 0.3) is 0 Å². The number of aliphatic carboxylic acids is 1. The quantitative estimate of drug-likeness (QED) is 0.614. The highest BCUT2D eigenvalue weighted by atomic mass is 31.2. The molecule has 1 aliphatic heterocycles. The number of carbonyl (C=O) groups is 1. The molecule has 1 atom stereocenters. The van der Waals surface area contributed by atoms with E-state index in [-0.39, 0.29) is 0 Å². The molecule has 0 aromatic heterocycles. The van der Waals surface area contributed by atoms with E-state index >= 15 is 0 Å². The van der Waals surface area contributed by atoms with Crippen LogP contribution in [0.2, 0.25) is 0 Å². The molecule has 1 rings (SSSR count). The van der Waals surface area contributed by atoms with E-state index in [1.54, 1.807) is 13.8 Å². The van der Waals surface area contributed by atoms with Crippen LogP contribution in [0.3, 0.4) is 0 Å². The third kappa shape index (κ3) is 5.89. The minimum absolute atomic E-state index is 0.367. The van der Waals surface area contributed by atoms with Crippen molar-refractivity contribution < 1.29 is 23.5 Å². The number of hydrogen-bond donors (Lipinski definition) is 2. The molecule has 7 nitrogen and oxygen atoms in total. The van der Waals surface area contributed by atoms with Gasteiger partial charge in [-0.1, -0.05) is 0 Å². The highest BCUT2D eigenvalue weighted by Gasteiger charge is 2.26. The molecule has 0 saturated carbocycles. The molecule has 1 heterocycles. The number of nitrogens with one attached hydrogen (secondary N) is 1. The summed E-state index contributed by atoms with van der Waals surface area (Å²) in [4.78, 5) is 13.0. The molecule has 0 amide bonds. The summed E-state index contributed by atoms with van der Waals surface area (Å²) in [6, 6.07) is -0.519. The first-order valence-electron chi connectivity index (χ1n) is 7.07. The molecule has 0 radical (unpaired) electrons. The first-order chi connectivity index (χ1) is 9.50. The van der Waals surface area contributed by atoms with Crippen LogP contribution >= 0.6 is 7.60 Å². The predicted molar refractivity (Wildman–Crippen MR) is 76.2 cm³/mol. The Labute approximate surface area is 120 Å². The van der Waals surface area contributed by atoms with E-state index in [0.29, 0.717) is 45.4 Å². The highest BCUT2D eigenvalue weighted by Crippen LogP contribution is 2.48. The second-order valence-electron chi connectivity index (χ2n) is 4.67. The summed E-state index contributed by atoms with van der Waals surface area (Å²) in [6.45, 7) is 6.96. The zero-order valence-corrected chi connectivity index (χ0v) is 13.1. The second-order valence-corrected chi connectivity index (χ2v) is 6.85. The molecule has 1 fully saturated rings. The van der Waals surface area contributed by atoms with Crippen LogP contribution in [0.5, 0.6) is 0 Å². The van der Waals surface area contributed by atoms with Gasteiger partial charge in [-0.25, -0.2) is 0 Å². The van der Waals surface area contributed by atoms with E-state index in [9.17, 15) is 9.36 Å². The Morgan fingerprint density at radius 1 is 1.40 bits per heavy atom. The third-order valence-corrected chi connectivity index (χ3v) is 5.28. The summed E-state index contributed by atoms with van der Waals surface area (Å²) in [5.74, 6) is -0.830. The minimum atomic E-state index is -2.98. The summed E-state index contributed by atoms with van der Waals surface area (Å²) in [5.41, 5.74) is 0. The van der Waals surface area contributed by atoms with E-state index in [1.807, 2.05) is 0 Å². The Morgan fingerprint density at radius 3 is 2.60 bits per heavy atom. The standard InChI is InChI=1S/C12H25N2O5P/c1-3-18-20(17,19-4-2)9-5-7-14-8-6-13-11(10-14)12(15)16/h11,13H,3-10H2,1-2H3,(H,15,16). The van der Waals surface area contributed by atoms with Gasteiger partial charge in [0.25, 0.3) is 0 Å².